The van der Waals surface area contributed by atoms with Crippen molar-refractivity contribution < 1.29 is 9.90 Å². The van der Waals surface area contributed by atoms with E-state index in [9.17, 15) is 9.90 Å². The SMILES string of the molecule is Cc1cccc(C)c1C1=C(O)C(C(C)(C)C)CC1=O. The van der Waals surface area contributed by atoms with Crippen molar-refractivity contribution in [2.75, 3.05) is 0 Å². The summed E-state index contributed by atoms with van der Waals surface area (Å²) in [6, 6.07) is 5.95. The highest BCUT2D eigenvalue weighted by Crippen LogP contribution is 2.44. The molecular weight excluding hydrogens is 236 g/mol. The van der Waals surface area contributed by atoms with Crippen LogP contribution >= 0.6 is 0 Å². The molecule has 0 fully saturated rings. The van der Waals surface area contributed by atoms with Crippen molar-refractivity contribution in [3.63, 3.8) is 0 Å². The van der Waals surface area contributed by atoms with Crippen molar-refractivity contribution in [3.8, 4) is 0 Å². The van der Waals surface area contributed by atoms with Crippen molar-refractivity contribution in [1.29, 1.82) is 0 Å². The van der Waals surface area contributed by atoms with E-state index < -0.39 is 0 Å². The number of aliphatic hydroxyl groups is 1. The van der Waals surface area contributed by atoms with E-state index in [0.29, 0.717) is 12.0 Å². The van der Waals surface area contributed by atoms with E-state index in [1.165, 1.54) is 0 Å². The lowest BCUT2D eigenvalue weighted by molar-refractivity contribution is -0.114. The Morgan fingerprint density at radius 3 is 2.11 bits per heavy atom. The predicted molar refractivity (Wildman–Crippen MR) is 78.0 cm³/mol. The van der Waals surface area contributed by atoms with Gasteiger partial charge in [0.1, 0.15) is 5.76 Å². The zero-order chi connectivity index (χ0) is 14.4. The van der Waals surface area contributed by atoms with Crippen LogP contribution in [0.1, 0.15) is 43.9 Å². The molecule has 102 valence electrons. The number of carbonyl (C=O) groups excluding carboxylic acids is 1. The van der Waals surface area contributed by atoms with Crippen LogP contribution in [-0.4, -0.2) is 10.9 Å². The molecule has 0 spiro atoms. The van der Waals surface area contributed by atoms with Crippen LogP contribution in [0.5, 0.6) is 0 Å². The van der Waals surface area contributed by atoms with Crippen molar-refractivity contribution >= 4 is 11.4 Å². The maximum absolute atomic E-state index is 12.3. The van der Waals surface area contributed by atoms with Crippen LogP contribution in [0.2, 0.25) is 0 Å². The zero-order valence-corrected chi connectivity index (χ0v) is 12.4. The van der Waals surface area contributed by atoms with Gasteiger partial charge in [-0.15, -0.1) is 0 Å². The number of hydrogen-bond acceptors (Lipinski definition) is 2. The number of hydrogen-bond donors (Lipinski definition) is 1. The average Bonchev–Trinajstić information content (AvgIpc) is 2.56. The first-order valence-electron chi connectivity index (χ1n) is 6.76. The summed E-state index contributed by atoms with van der Waals surface area (Å²) >= 11 is 0. The van der Waals surface area contributed by atoms with Gasteiger partial charge < -0.3 is 5.11 Å². The third-order valence-electron chi connectivity index (χ3n) is 4.03. The summed E-state index contributed by atoms with van der Waals surface area (Å²) < 4.78 is 0. The lowest BCUT2D eigenvalue weighted by atomic mass is 9.79. The van der Waals surface area contributed by atoms with Gasteiger partial charge in [0.2, 0.25) is 0 Å². The topological polar surface area (TPSA) is 37.3 Å². The molecule has 1 aromatic rings. The molecule has 2 rings (SSSR count). The molecule has 0 heterocycles. The fraction of sp³-hybridized carbons (Fsp3) is 0.471. The fourth-order valence-corrected chi connectivity index (χ4v) is 2.89. The van der Waals surface area contributed by atoms with Gasteiger partial charge in [-0.3, -0.25) is 4.79 Å². The Morgan fingerprint density at radius 2 is 1.68 bits per heavy atom. The summed E-state index contributed by atoms with van der Waals surface area (Å²) in [5, 5.41) is 10.5. The number of allylic oxidation sites excluding steroid dienone is 2. The van der Waals surface area contributed by atoms with Crippen LogP contribution in [0.4, 0.5) is 0 Å². The van der Waals surface area contributed by atoms with Crippen LogP contribution in [-0.2, 0) is 4.79 Å². The first-order chi connectivity index (χ1) is 8.73. The van der Waals surface area contributed by atoms with Gasteiger partial charge in [-0.05, 0) is 36.0 Å². The van der Waals surface area contributed by atoms with Gasteiger partial charge in [-0.25, -0.2) is 0 Å². The highest BCUT2D eigenvalue weighted by Gasteiger charge is 2.40. The van der Waals surface area contributed by atoms with Crippen LogP contribution in [0.3, 0.4) is 0 Å². The molecule has 1 atom stereocenters. The first kappa shape index (κ1) is 13.9. The molecule has 1 aliphatic carbocycles. The number of ketones is 1. The molecule has 0 radical (unpaired) electrons. The van der Waals surface area contributed by atoms with Gasteiger partial charge in [0.15, 0.2) is 5.78 Å². The normalized spacial score (nSPS) is 20.3. The second-order valence-corrected chi connectivity index (χ2v) is 6.57. The fourth-order valence-electron chi connectivity index (χ4n) is 2.89. The molecule has 0 aromatic heterocycles. The first-order valence-corrected chi connectivity index (χ1v) is 6.76. The Morgan fingerprint density at radius 1 is 1.16 bits per heavy atom. The summed E-state index contributed by atoms with van der Waals surface area (Å²) in [7, 11) is 0. The molecule has 1 N–H and O–H groups in total. The summed E-state index contributed by atoms with van der Waals surface area (Å²) in [5.41, 5.74) is 3.44. The Labute approximate surface area is 115 Å². The number of aliphatic hydroxyl groups excluding tert-OH is 1. The van der Waals surface area contributed by atoms with Crippen molar-refractivity contribution in [3.05, 3.63) is 40.6 Å². The Hall–Kier alpha value is -1.57. The van der Waals surface area contributed by atoms with E-state index >= 15 is 0 Å². The summed E-state index contributed by atoms with van der Waals surface area (Å²) in [6.07, 6.45) is 0.415. The summed E-state index contributed by atoms with van der Waals surface area (Å²) in [5.74, 6) is 0.263. The predicted octanol–water partition coefficient (Wildman–Crippen LogP) is 4.21. The molecule has 0 saturated carbocycles. The maximum atomic E-state index is 12.3. The second kappa shape index (κ2) is 4.52. The highest BCUT2D eigenvalue weighted by atomic mass is 16.3. The number of benzene rings is 1. The third-order valence-corrected chi connectivity index (χ3v) is 4.03. The third kappa shape index (κ3) is 2.32. The Bertz CT molecular complexity index is 539. The zero-order valence-electron chi connectivity index (χ0n) is 12.4. The second-order valence-electron chi connectivity index (χ2n) is 6.57. The van der Waals surface area contributed by atoms with Gasteiger partial charge in [0.25, 0.3) is 0 Å². The number of aryl methyl sites for hydroxylation is 2. The standard InChI is InChI=1S/C17H22O2/c1-10-7-6-8-11(2)14(10)15-13(18)9-12(16(15)19)17(3,4)5/h6-8,12,19H,9H2,1-5H3. The quantitative estimate of drug-likeness (QED) is 0.819. The molecule has 2 nitrogen and oxygen atoms in total. The van der Waals surface area contributed by atoms with Gasteiger partial charge in [0, 0.05) is 12.3 Å². The van der Waals surface area contributed by atoms with Gasteiger partial charge in [-0.1, -0.05) is 39.0 Å². The molecule has 0 bridgehead atoms. The molecule has 1 aromatic carbocycles. The Kier molecular flexibility index (Phi) is 3.29. The van der Waals surface area contributed by atoms with Crippen LogP contribution in [0.25, 0.3) is 5.57 Å². The summed E-state index contributed by atoms with van der Waals surface area (Å²) in [4.78, 5) is 12.3. The van der Waals surface area contributed by atoms with E-state index in [-0.39, 0.29) is 22.9 Å². The molecule has 1 unspecified atom stereocenters. The molecule has 0 amide bonds. The van der Waals surface area contributed by atoms with Crippen LogP contribution < -0.4 is 0 Å². The van der Waals surface area contributed by atoms with E-state index in [2.05, 4.69) is 20.8 Å². The Balaban J connectivity index is 2.61. The van der Waals surface area contributed by atoms with Gasteiger partial charge in [0.05, 0.1) is 5.57 Å². The maximum Gasteiger partial charge on any atom is 0.167 e. The highest BCUT2D eigenvalue weighted by molar-refractivity contribution is 6.24. The van der Waals surface area contributed by atoms with Crippen molar-refractivity contribution in [2.24, 2.45) is 11.3 Å². The van der Waals surface area contributed by atoms with E-state index in [1.54, 1.807) is 0 Å². The van der Waals surface area contributed by atoms with Crippen molar-refractivity contribution in [2.45, 2.75) is 41.0 Å². The molecule has 1 aliphatic rings. The lowest BCUT2D eigenvalue weighted by Gasteiger charge is -2.26. The minimum atomic E-state index is -0.0991. The number of rotatable bonds is 1. The number of carbonyl (C=O) groups is 1. The largest absolute Gasteiger partial charge is 0.511 e. The minimum absolute atomic E-state index is 0.0647. The summed E-state index contributed by atoms with van der Waals surface area (Å²) in [6.45, 7) is 10.2. The van der Waals surface area contributed by atoms with Crippen LogP contribution in [0, 0.1) is 25.2 Å². The lowest BCUT2D eigenvalue weighted by Crippen LogP contribution is -2.20. The van der Waals surface area contributed by atoms with E-state index in [4.69, 9.17) is 0 Å². The molecule has 0 aliphatic heterocycles. The van der Waals surface area contributed by atoms with Crippen LogP contribution in [0.15, 0.2) is 24.0 Å². The van der Waals surface area contributed by atoms with E-state index in [1.807, 2.05) is 32.0 Å². The molecule has 0 saturated heterocycles. The van der Waals surface area contributed by atoms with Gasteiger partial charge in [-0.2, -0.15) is 0 Å². The molecule has 2 heteroatoms. The molecular formula is C17H22O2. The van der Waals surface area contributed by atoms with Crippen molar-refractivity contribution in [1.82, 2.24) is 0 Å². The smallest absolute Gasteiger partial charge is 0.167 e. The minimum Gasteiger partial charge on any atom is -0.511 e. The number of Topliss-reactive ketones (excluding diaryl/α,β-unsaturated/α-hetero) is 1. The van der Waals surface area contributed by atoms with E-state index in [0.717, 1.165) is 16.7 Å². The molecule has 19 heavy (non-hydrogen) atoms. The van der Waals surface area contributed by atoms with Gasteiger partial charge >= 0.3 is 0 Å². The average molecular weight is 258 g/mol. The monoisotopic (exact) mass is 258 g/mol.